The van der Waals surface area contributed by atoms with Crippen molar-refractivity contribution in [2.75, 3.05) is 0 Å². The van der Waals surface area contributed by atoms with Crippen LogP contribution in [0, 0.1) is 0 Å². The summed E-state index contributed by atoms with van der Waals surface area (Å²) in [5.74, 6) is -0.750. The van der Waals surface area contributed by atoms with E-state index in [1.165, 1.54) is 0 Å². The predicted octanol–water partition coefficient (Wildman–Crippen LogP) is 2.88. The minimum atomic E-state index is -0.775. The second-order valence-corrected chi connectivity index (χ2v) is 5.19. The van der Waals surface area contributed by atoms with E-state index in [2.05, 4.69) is 0 Å². The normalized spacial score (nSPS) is 11.3. The quantitative estimate of drug-likeness (QED) is 0.823. The number of benzene rings is 2. The van der Waals surface area contributed by atoms with Crippen LogP contribution < -0.4 is 0 Å². The summed E-state index contributed by atoms with van der Waals surface area (Å²) in [6.45, 7) is 0. The fourth-order valence-electron chi connectivity index (χ4n) is 2.31. The molecule has 2 aromatic carbocycles. The van der Waals surface area contributed by atoms with E-state index in [4.69, 9.17) is 0 Å². The van der Waals surface area contributed by atoms with Gasteiger partial charge in [0.15, 0.2) is 0 Å². The number of aliphatic carboxylic acids is 1. The third-order valence-electron chi connectivity index (χ3n) is 3.39. The Hall–Kier alpha value is -1.49. The average molecular weight is 246 g/mol. The molecule has 0 unspecified atom stereocenters. The molecule has 0 fully saturated rings. The maximum absolute atomic E-state index is 11.6. The molecular formula is C16H15LiO2. The average Bonchev–Trinajstić information content (AvgIpc) is 2.40. The van der Waals surface area contributed by atoms with Gasteiger partial charge >= 0.3 is 122 Å². The van der Waals surface area contributed by atoms with Crippen LogP contribution in [0.15, 0.2) is 60.7 Å². The van der Waals surface area contributed by atoms with E-state index in [-0.39, 0.29) is 0 Å². The van der Waals surface area contributed by atoms with E-state index in [0.29, 0.717) is 12.8 Å². The van der Waals surface area contributed by atoms with Gasteiger partial charge in [0.2, 0.25) is 0 Å². The minimum absolute atomic E-state index is 0.540. The van der Waals surface area contributed by atoms with Crippen molar-refractivity contribution in [3.63, 3.8) is 0 Å². The summed E-state index contributed by atoms with van der Waals surface area (Å²) >= 11 is 1.81. The maximum atomic E-state index is 11.6. The van der Waals surface area contributed by atoms with Crippen molar-refractivity contribution in [1.29, 1.82) is 0 Å². The summed E-state index contributed by atoms with van der Waals surface area (Å²) in [7, 11) is 0. The fraction of sp³-hybridized carbons (Fsp3) is 0.188. The summed E-state index contributed by atoms with van der Waals surface area (Å²) < 4.78 is -0.775. The first-order valence-electron chi connectivity index (χ1n) is 6.41. The van der Waals surface area contributed by atoms with Gasteiger partial charge in [0.25, 0.3) is 0 Å². The van der Waals surface area contributed by atoms with Crippen LogP contribution in [0.1, 0.15) is 11.1 Å². The van der Waals surface area contributed by atoms with E-state index in [1.54, 1.807) is 0 Å². The van der Waals surface area contributed by atoms with Crippen molar-refractivity contribution < 1.29 is 9.90 Å². The SMILES string of the molecule is [Li][C](Cc1ccccc1)(Cc1ccccc1)C(=O)O. The van der Waals surface area contributed by atoms with Gasteiger partial charge in [-0.3, -0.25) is 0 Å². The van der Waals surface area contributed by atoms with Crippen LogP contribution in [0.4, 0.5) is 0 Å². The topological polar surface area (TPSA) is 37.3 Å². The molecule has 0 heterocycles. The number of rotatable bonds is 5. The molecule has 0 amide bonds. The molecule has 0 saturated carbocycles. The van der Waals surface area contributed by atoms with Crippen LogP contribution in [0.2, 0.25) is 4.09 Å². The first kappa shape index (κ1) is 13.9. The summed E-state index contributed by atoms with van der Waals surface area (Å²) in [6, 6.07) is 19.6. The van der Waals surface area contributed by atoms with Gasteiger partial charge in [-0.15, -0.1) is 0 Å². The van der Waals surface area contributed by atoms with Crippen LogP contribution >= 0.6 is 0 Å². The molecule has 92 valence electrons. The molecule has 1 N–H and O–H groups in total. The van der Waals surface area contributed by atoms with Crippen molar-refractivity contribution in [2.45, 2.75) is 16.9 Å². The molecule has 0 aliphatic heterocycles. The van der Waals surface area contributed by atoms with Crippen molar-refractivity contribution in [1.82, 2.24) is 0 Å². The Morgan fingerprint density at radius 3 is 1.58 bits per heavy atom. The number of hydrogen-bond donors (Lipinski definition) is 1. The third kappa shape index (κ3) is 3.73. The van der Waals surface area contributed by atoms with Crippen molar-refractivity contribution in [3.05, 3.63) is 71.8 Å². The van der Waals surface area contributed by atoms with E-state index in [9.17, 15) is 9.90 Å². The number of carbonyl (C=O) groups is 1. The van der Waals surface area contributed by atoms with Crippen LogP contribution in [-0.4, -0.2) is 28.8 Å². The molecule has 0 aromatic heterocycles. The van der Waals surface area contributed by atoms with Crippen LogP contribution in [0.3, 0.4) is 0 Å². The van der Waals surface area contributed by atoms with Crippen LogP contribution in [0.5, 0.6) is 0 Å². The number of carboxylic acids is 1. The number of carboxylic acid groups (broad SMARTS) is 1. The van der Waals surface area contributed by atoms with Gasteiger partial charge in [-0.2, -0.15) is 0 Å². The Kier molecular flexibility index (Phi) is 4.47. The fourth-order valence-corrected chi connectivity index (χ4v) is 2.31. The second-order valence-electron chi connectivity index (χ2n) is 5.19. The van der Waals surface area contributed by atoms with Gasteiger partial charge in [0.05, 0.1) is 0 Å². The van der Waals surface area contributed by atoms with Gasteiger partial charge in [0.1, 0.15) is 0 Å². The Bertz CT molecular complexity index is 496. The predicted molar refractivity (Wildman–Crippen MR) is 76.4 cm³/mol. The molecule has 0 bridgehead atoms. The van der Waals surface area contributed by atoms with E-state index in [0.717, 1.165) is 11.1 Å². The zero-order valence-electron chi connectivity index (χ0n) is 11.0. The Morgan fingerprint density at radius 2 is 1.26 bits per heavy atom. The molecule has 0 atom stereocenters. The Labute approximate surface area is 122 Å². The molecular weight excluding hydrogens is 231 g/mol. The Balaban J connectivity index is 2.21. The van der Waals surface area contributed by atoms with Crippen LogP contribution in [-0.2, 0) is 17.6 Å². The summed E-state index contributed by atoms with van der Waals surface area (Å²) in [5.41, 5.74) is 2.12. The van der Waals surface area contributed by atoms with E-state index < -0.39 is 10.1 Å². The van der Waals surface area contributed by atoms with E-state index >= 15 is 0 Å². The molecule has 0 aliphatic rings. The molecule has 3 heteroatoms. The van der Waals surface area contributed by atoms with Gasteiger partial charge in [-0.1, -0.05) is 0 Å². The van der Waals surface area contributed by atoms with Gasteiger partial charge in [-0.25, -0.2) is 0 Å². The molecule has 19 heavy (non-hydrogen) atoms. The first-order valence-corrected chi connectivity index (χ1v) is 6.41. The monoisotopic (exact) mass is 246 g/mol. The molecule has 0 spiro atoms. The third-order valence-corrected chi connectivity index (χ3v) is 3.39. The molecule has 0 saturated heterocycles. The Morgan fingerprint density at radius 1 is 0.895 bits per heavy atom. The standard InChI is InChI=1S/C16H15O2.Li/c17-16(18)15(11-13-7-3-1-4-8-13)12-14-9-5-2-6-10-14;/h1-10H,11-12H2,(H,17,18);. The van der Waals surface area contributed by atoms with Gasteiger partial charge < -0.3 is 0 Å². The first-order chi connectivity index (χ1) is 9.10. The summed E-state index contributed by atoms with van der Waals surface area (Å²) in [5, 5.41) is 9.56. The number of hydrogen-bond acceptors (Lipinski definition) is 1. The van der Waals surface area contributed by atoms with Crippen molar-refractivity contribution in [2.24, 2.45) is 0 Å². The second kappa shape index (κ2) is 6.10. The summed E-state index contributed by atoms with van der Waals surface area (Å²) in [6.07, 6.45) is 1.08. The molecule has 2 aromatic rings. The van der Waals surface area contributed by atoms with Crippen LogP contribution in [0.25, 0.3) is 0 Å². The molecule has 0 aliphatic carbocycles. The molecule has 0 radical (unpaired) electrons. The van der Waals surface area contributed by atoms with E-state index in [1.807, 2.05) is 78.4 Å². The van der Waals surface area contributed by atoms with Gasteiger partial charge in [0, 0.05) is 0 Å². The summed E-state index contributed by atoms with van der Waals surface area (Å²) in [4.78, 5) is 11.6. The van der Waals surface area contributed by atoms with Crippen molar-refractivity contribution >= 4 is 23.7 Å². The molecule has 2 rings (SSSR count). The molecule has 2 nitrogen and oxygen atoms in total. The van der Waals surface area contributed by atoms with Crippen molar-refractivity contribution in [3.8, 4) is 0 Å². The van der Waals surface area contributed by atoms with Gasteiger partial charge in [-0.05, 0) is 0 Å². The zero-order valence-corrected chi connectivity index (χ0v) is 11.0. The zero-order chi connectivity index (χ0) is 13.7.